The van der Waals surface area contributed by atoms with Crippen molar-refractivity contribution in [2.75, 3.05) is 30.1 Å². The van der Waals surface area contributed by atoms with Gasteiger partial charge in [0, 0.05) is 18.2 Å². The highest BCUT2D eigenvalue weighted by atomic mass is 32.2. The van der Waals surface area contributed by atoms with Crippen molar-refractivity contribution in [3.63, 3.8) is 0 Å². The summed E-state index contributed by atoms with van der Waals surface area (Å²) in [6.07, 6.45) is 0.978. The van der Waals surface area contributed by atoms with Crippen molar-refractivity contribution >= 4 is 33.0 Å². The van der Waals surface area contributed by atoms with Gasteiger partial charge in [-0.2, -0.15) is 0 Å². The van der Waals surface area contributed by atoms with Gasteiger partial charge in [0.1, 0.15) is 6.04 Å². The molecule has 2 rings (SSSR count). The average molecular weight is 437 g/mol. The van der Waals surface area contributed by atoms with E-state index in [1.54, 1.807) is 6.92 Å². The number of anilines is 2. The van der Waals surface area contributed by atoms with E-state index in [0.29, 0.717) is 17.1 Å². The summed E-state index contributed by atoms with van der Waals surface area (Å²) in [7, 11) is -1.00. The number of carbonyl (C=O) groups is 1. The summed E-state index contributed by atoms with van der Waals surface area (Å²) in [6, 6.07) is 7.36. The number of aryl methyl sites for hydroxylation is 1. The molecule has 0 radical (unpaired) electrons. The molecule has 0 bridgehead atoms. The highest BCUT2D eigenvalue weighted by molar-refractivity contribution is 7.92. The Morgan fingerprint density at radius 3 is 2.30 bits per heavy atom. The Bertz CT molecular complexity index is 1070. The van der Waals surface area contributed by atoms with Crippen molar-refractivity contribution in [2.24, 2.45) is 0 Å². The molecule has 162 valence electrons. The quantitative estimate of drug-likeness (QED) is 0.497. The fourth-order valence-corrected chi connectivity index (χ4v) is 4.03. The number of ether oxygens (including phenoxy) is 2. The maximum Gasteiger partial charge on any atom is 0.271 e. The van der Waals surface area contributed by atoms with E-state index in [9.17, 15) is 23.3 Å². The number of sulfonamides is 1. The molecule has 0 spiro atoms. The molecule has 0 aliphatic heterocycles. The van der Waals surface area contributed by atoms with Crippen LogP contribution in [0, 0.1) is 17.0 Å². The fraction of sp³-hybridized carbons (Fsp3) is 0.316. The molecule has 0 fully saturated rings. The van der Waals surface area contributed by atoms with E-state index in [4.69, 9.17) is 9.47 Å². The van der Waals surface area contributed by atoms with Gasteiger partial charge in [0.05, 0.1) is 36.8 Å². The Morgan fingerprint density at radius 1 is 1.13 bits per heavy atom. The summed E-state index contributed by atoms with van der Waals surface area (Å²) >= 11 is 0. The van der Waals surface area contributed by atoms with Crippen LogP contribution < -0.4 is 19.1 Å². The Morgan fingerprint density at radius 2 is 1.77 bits per heavy atom. The van der Waals surface area contributed by atoms with Gasteiger partial charge in [0.25, 0.3) is 5.69 Å². The Kier molecular flexibility index (Phi) is 6.88. The van der Waals surface area contributed by atoms with Crippen LogP contribution in [0.1, 0.15) is 12.5 Å². The van der Waals surface area contributed by atoms with Crippen molar-refractivity contribution in [2.45, 2.75) is 19.9 Å². The number of nitrogens with one attached hydrogen (secondary N) is 1. The number of methoxy groups -OCH3 is 2. The van der Waals surface area contributed by atoms with Crippen LogP contribution >= 0.6 is 0 Å². The Labute approximate surface area is 174 Å². The van der Waals surface area contributed by atoms with Crippen molar-refractivity contribution < 1.29 is 27.6 Å². The van der Waals surface area contributed by atoms with Gasteiger partial charge in [-0.05, 0) is 31.5 Å². The number of rotatable bonds is 8. The summed E-state index contributed by atoms with van der Waals surface area (Å²) in [5.41, 5.74) is 0.831. The smallest absolute Gasteiger partial charge is 0.271 e. The lowest BCUT2D eigenvalue weighted by molar-refractivity contribution is -0.384. The number of hydrogen-bond acceptors (Lipinski definition) is 7. The predicted octanol–water partition coefficient (Wildman–Crippen LogP) is 2.71. The zero-order chi connectivity index (χ0) is 22.6. The van der Waals surface area contributed by atoms with Crippen LogP contribution in [-0.2, 0) is 14.8 Å². The Hall–Kier alpha value is -3.34. The van der Waals surface area contributed by atoms with Gasteiger partial charge < -0.3 is 14.8 Å². The maximum atomic E-state index is 12.8. The van der Waals surface area contributed by atoms with E-state index in [0.717, 1.165) is 10.6 Å². The fourth-order valence-electron chi connectivity index (χ4n) is 2.87. The van der Waals surface area contributed by atoms with Crippen LogP contribution in [0.15, 0.2) is 36.4 Å². The van der Waals surface area contributed by atoms with Crippen LogP contribution in [0.5, 0.6) is 11.5 Å². The second-order valence-electron chi connectivity index (χ2n) is 6.52. The molecule has 0 aliphatic rings. The lowest BCUT2D eigenvalue weighted by Crippen LogP contribution is -2.45. The number of nitro groups is 1. The number of nitro benzene ring substituents is 1. The third-order valence-corrected chi connectivity index (χ3v) is 5.64. The molecule has 0 aliphatic carbocycles. The van der Waals surface area contributed by atoms with E-state index in [1.807, 2.05) is 0 Å². The lowest BCUT2D eigenvalue weighted by Gasteiger charge is -2.28. The number of amides is 1. The maximum absolute atomic E-state index is 12.8. The summed E-state index contributed by atoms with van der Waals surface area (Å²) in [6.45, 7) is 3.09. The molecular weight excluding hydrogens is 414 g/mol. The molecule has 11 heteroatoms. The van der Waals surface area contributed by atoms with Gasteiger partial charge in [-0.1, -0.05) is 6.07 Å². The first-order valence-electron chi connectivity index (χ1n) is 8.77. The minimum absolute atomic E-state index is 0.191. The highest BCUT2D eigenvalue weighted by Gasteiger charge is 2.30. The summed E-state index contributed by atoms with van der Waals surface area (Å²) < 4.78 is 36.3. The molecule has 0 heterocycles. The third kappa shape index (κ3) is 4.98. The molecule has 0 saturated heterocycles. The highest BCUT2D eigenvalue weighted by Crippen LogP contribution is 2.33. The second kappa shape index (κ2) is 8.99. The summed E-state index contributed by atoms with van der Waals surface area (Å²) in [4.78, 5) is 23.3. The first kappa shape index (κ1) is 22.9. The van der Waals surface area contributed by atoms with Crippen molar-refractivity contribution in [3.05, 3.63) is 52.1 Å². The second-order valence-corrected chi connectivity index (χ2v) is 8.38. The molecule has 0 aromatic heterocycles. The minimum atomic E-state index is -3.86. The van der Waals surface area contributed by atoms with E-state index in [2.05, 4.69) is 5.32 Å². The zero-order valence-electron chi connectivity index (χ0n) is 17.2. The SMILES string of the molecule is COc1ccc(N([C@@H](C)C(=O)Nc2cc([N+](=O)[O-])ccc2C)S(C)(=O)=O)cc1OC. The van der Waals surface area contributed by atoms with Gasteiger partial charge in [0.2, 0.25) is 15.9 Å². The van der Waals surface area contributed by atoms with Crippen molar-refractivity contribution in [3.8, 4) is 11.5 Å². The molecule has 2 aromatic carbocycles. The van der Waals surface area contributed by atoms with Gasteiger partial charge in [-0.15, -0.1) is 0 Å². The molecule has 0 unspecified atom stereocenters. The monoisotopic (exact) mass is 437 g/mol. The third-order valence-electron chi connectivity index (χ3n) is 4.40. The van der Waals surface area contributed by atoms with Crippen LogP contribution in [0.2, 0.25) is 0 Å². The average Bonchev–Trinajstić information content (AvgIpc) is 2.68. The van der Waals surface area contributed by atoms with Crippen LogP contribution in [-0.4, -0.2) is 45.8 Å². The van der Waals surface area contributed by atoms with E-state index < -0.39 is 26.9 Å². The van der Waals surface area contributed by atoms with Gasteiger partial charge in [0.15, 0.2) is 11.5 Å². The molecule has 10 nitrogen and oxygen atoms in total. The van der Waals surface area contributed by atoms with Gasteiger partial charge >= 0.3 is 0 Å². The normalized spacial score (nSPS) is 12.0. The molecular formula is C19H23N3O7S. The molecule has 2 aromatic rings. The molecule has 0 saturated carbocycles. The molecule has 1 amide bonds. The van der Waals surface area contributed by atoms with Crippen LogP contribution in [0.3, 0.4) is 0 Å². The molecule has 30 heavy (non-hydrogen) atoms. The number of nitrogens with zero attached hydrogens (tertiary/aromatic N) is 2. The Balaban J connectivity index is 2.41. The first-order valence-corrected chi connectivity index (χ1v) is 10.6. The van der Waals surface area contributed by atoms with Crippen LogP contribution in [0.4, 0.5) is 17.1 Å². The topological polar surface area (TPSA) is 128 Å². The zero-order valence-corrected chi connectivity index (χ0v) is 18.0. The van der Waals surface area contributed by atoms with Crippen molar-refractivity contribution in [1.82, 2.24) is 0 Å². The standard InChI is InChI=1S/C19H23N3O7S/c1-12-6-7-15(22(24)25)10-16(12)20-19(23)13(2)21(30(5,26)27)14-8-9-17(28-3)18(11-14)29-4/h6-11,13H,1-5H3,(H,20,23)/t13-/m0/s1. The lowest BCUT2D eigenvalue weighted by atomic mass is 10.1. The van der Waals surface area contributed by atoms with E-state index in [1.165, 1.54) is 57.5 Å². The largest absolute Gasteiger partial charge is 0.493 e. The number of non-ortho nitro benzene ring substituents is 1. The van der Waals surface area contributed by atoms with Gasteiger partial charge in [-0.25, -0.2) is 8.42 Å². The molecule has 1 atom stereocenters. The van der Waals surface area contributed by atoms with E-state index >= 15 is 0 Å². The number of benzene rings is 2. The summed E-state index contributed by atoms with van der Waals surface area (Å²) in [5, 5.41) is 13.6. The molecule has 1 N–H and O–H groups in total. The number of carbonyl (C=O) groups excluding carboxylic acids is 1. The number of hydrogen-bond donors (Lipinski definition) is 1. The van der Waals surface area contributed by atoms with E-state index in [-0.39, 0.29) is 17.1 Å². The van der Waals surface area contributed by atoms with Gasteiger partial charge in [-0.3, -0.25) is 19.2 Å². The van der Waals surface area contributed by atoms with Crippen molar-refractivity contribution in [1.29, 1.82) is 0 Å². The minimum Gasteiger partial charge on any atom is -0.493 e. The summed E-state index contributed by atoms with van der Waals surface area (Å²) in [5.74, 6) is 0.0450. The first-order chi connectivity index (χ1) is 14.0. The predicted molar refractivity (Wildman–Crippen MR) is 113 cm³/mol. The van der Waals surface area contributed by atoms with Crippen LogP contribution in [0.25, 0.3) is 0 Å².